The highest BCUT2D eigenvalue weighted by molar-refractivity contribution is 5.95. The average Bonchev–Trinajstić information content (AvgIpc) is 3.12. The number of benzene rings is 2. The first-order valence-corrected chi connectivity index (χ1v) is 10.0. The van der Waals surface area contributed by atoms with Gasteiger partial charge in [0.15, 0.2) is 11.4 Å². The number of nitrogens with zero attached hydrogens (tertiary/aromatic N) is 2. The molecule has 0 N–H and O–H groups in total. The maximum absolute atomic E-state index is 12.8. The number of carbonyl (C=O) groups is 2. The van der Waals surface area contributed by atoms with Gasteiger partial charge in [-0.05, 0) is 37.6 Å². The first-order valence-electron chi connectivity index (χ1n) is 10.0. The van der Waals surface area contributed by atoms with Gasteiger partial charge < -0.3 is 9.15 Å². The highest BCUT2D eigenvalue weighted by Crippen LogP contribution is 2.43. The fourth-order valence-corrected chi connectivity index (χ4v) is 4.20. The molecule has 1 aromatic heterocycles. The van der Waals surface area contributed by atoms with Gasteiger partial charge in [-0.25, -0.2) is 14.2 Å². The number of nitro benzene ring substituents is 1. The van der Waals surface area contributed by atoms with E-state index in [9.17, 15) is 24.5 Å². The zero-order chi connectivity index (χ0) is 23.0. The van der Waals surface area contributed by atoms with Crippen molar-refractivity contribution < 1.29 is 23.7 Å². The number of rotatable bonds is 5. The number of hydrogen-bond donors (Lipinski definition) is 0. The van der Waals surface area contributed by atoms with Crippen LogP contribution in [-0.2, 0) is 16.0 Å². The maximum Gasteiger partial charge on any atom is 0.424 e. The molecule has 0 bridgehead atoms. The van der Waals surface area contributed by atoms with Gasteiger partial charge in [-0.15, -0.1) is 0 Å². The maximum atomic E-state index is 12.8. The molecule has 4 rings (SSSR count). The number of esters is 1. The Labute approximate surface area is 182 Å². The Balaban J connectivity index is 1.69. The average molecular weight is 436 g/mol. The van der Waals surface area contributed by atoms with Gasteiger partial charge in [-0.2, -0.15) is 0 Å². The minimum atomic E-state index is -1.52. The van der Waals surface area contributed by atoms with E-state index in [1.807, 2.05) is 6.07 Å². The highest BCUT2D eigenvalue weighted by Gasteiger charge is 2.51. The van der Waals surface area contributed by atoms with Crippen molar-refractivity contribution in [1.29, 1.82) is 0 Å². The number of fused-ring (bicyclic) bond motifs is 1. The van der Waals surface area contributed by atoms with Crippen LogP contribution in [0.15, 0.2) is 63.8 Å². The number of ketones is 1. The molecular formula is C23H20N2O7. The molecule has 1 aliphatic rings. The SMILES string of the molecule is CC(=O)[C@@]1(OC(=O)c2ccc([N+](=O)[O-])cc2)CCc2c(oc(=O)n2-c2ccccc2)[C@@H]1C. The van der Waals surface area contributed by atoms with E-state index in [0.29, 0.717) is 17.1 Å². The van der Waals surface area contributed by atoms with Gasteiger partial charge in [-0.3, -0.25) is 14.9 Å². The fourth-order valence-electron chi connectivity index (χ4n) is 4.20. The van der Waals surface area contributed by atoms with Gasteiger partial charge in [0.05, 0.1) is 27.8 Å². The number of Topliss-reactive ketones (excluding diaryl/α,β-unsaturated/α-hetero) is 1. The van der Waals surface area contributed by atoms with E-state index >= 15 is 0 Å². The first kappa shape index (κ1) is 21.2. The molecule has 1 aliphatic carbocycles. The molecule has 0 saturated carbocycles. The van der Waals surface area contributed by atoms with Crippen LogP contribution in [0.1, 0.15) is 48.0 Å². The summed E-state index contributed by atoms with van der Waals surface area (Å²) in [5.74, 6) is -2.13. The molecule has 3 aromatic rings. The van der Waals surface area contributed by atoms with Crippen LogP contribution >= 0.6 is 0 Å². The lowest BCUT2D eigenvalue weighted by atomic mass is 9.74. The first-order chi connectivity index (χ1) is 15.2. The van der Waals surface area contributed by atoms with E-state index < -0.39 is 28.2 Å². The Morgan fingerprint density at radius 2 is 1.81 bits per heavy atom. The number of para-hydroxylation sites is 1. The van der Waals surface area contributed by atoms with Crippen LogP contribution in [-0.4, -0.2) is 26.8 Å². The van der Waals surface area contributed by atoms with Crippen molar-refractivity contribution in [3.05, 3.63) is 92.3 Å². The van der Waals surface area contributed by atoms with Crippen LogP contribution in [0.2, 0.25) is 0 Å². The van der Waals surface area contributed by atoms with Crippen LogP contribution in [0.4, 0.5) is 5.69 Å². The monoisotopic (exact) mass is 436 g/mol. The fraction of sp³-hybridized carbons (Fsp3) is 0.261. The van der Waals surface area contributed by atoms with E-state index in [0.717, 1.165) is 0 Å². The Morgan fingerprint density at radius 3 is 2.41 bits per heavy atom. The third-order valence-corrected chi connectivity index (χ3v) is 5.96. The van der Waals surface area contributed by atoms with Gasteiger partial charge in [0.25, 0.3) is 5.69 Å². The lowest BCUT2D eigenvalue weighted by Gasteiger charge is -2.38. The van der Waals surface area contributed by atoms with Crippen molar-refractivity contribution in [3.63, 3.8) is 0 Å². The zero-order valence-corrected chi connectivity index (χ0v) is 17.4. The number of nitro groups is 1. The Bertz CT molecular complexity index is 1260. The van der Waals surface area contributed by atoms with Gasteiger partial charge >= 0.3 is 11.7 Å². The third kappa shape index (κ3) is 3.41. The minimum absolute atomic E-state index is 0.0810. The standard InChI is InChI=1S/C23H20N2O7/c1-14-20-19(24(22(28)31-20)17-6-4-3-5-7-17)12-13-23(14,15(2)26)32-21(27)16-8-10-18(11-9-16)25(29)30/h3-11,14H,12-13H2,1-2H3/t14-,23+/m0/s1. The van der Waals surface area contributed by atoms with Crippen molar-refractivity contribution in [2.45, 2.75) is 38.2 Å². The summed E-state index contributed by atoms with van der Waals surface area (Å²) in [5, 5.41) is 10.8. The van der Waals surface area contributed by atoms with E-state index in [1.165, 1.54) is 35.8 Å². The molecule has 2 atom stereocenters. The topological polar surface area (TPSA) is 122 Å². The molecule has 0 amide bonds. The molecule has 0 fully saturated rings. The summed E-state index contributed by atoms with van der Waals surface area (Å²) >= 11 is 0. The summed E-state index contributed by atoms with van der Waals surface area (Å²) in [6, 6.07) is 13.9. The summed E-state index contributed by atoms with van der Waals surface area (Å²) in [6.45, 7) is 3.01. The Kier molecular flexibility index (Phi) is 5.25. The highest BCUT2D eigenvalue weighted by atomic mass is 16.6. The molecule has 2 aromatic carbocycles. The smallest absolute Gasteiger partial charge is 0.424 e. The molecule has 0 spiro atoms. The van der Waals surface area contributed by atoms with E-state index in [1.54, 1.807) is 31.2 Å². The zero-order valence-electron chi connectivity index (χ0n) is 17.4. The van der Waals surface area contributed by atoms with E-state index in [2.05, 4.69) is 0 Å². The van der Waals surface area contributed by atoms with E-state index in [-0.39, 0.29) is 29.9 Å². The summed E-state index contributed by atoms with van der Waals surface area (Å²) in [7, 11) is 0. The van der Waals surface area contributed by atoms with Gasteiger partial charge in [0.1, 0.15) is 5.76 Å². The van der Waals surface area contributed by atoms with Crippen molar-refractivity contribution in [2.24, 2.45) is 0 Å². The molecule has 0 saturated heterocycles. The quantitative estimate of drug-likeness (QED) is 0.340. The molecule has 9 nitrogen and oxygen atoms in total. The van der Waals surface area contributed by atoms with Gasteiger partial charge in [-0.1, -0.05) is 25.1 Å². The van der Waals surface area contributed by atoms with Crippen molar-refractivity contribution in [2.75, 3.05) is 0 Å². The van der Waals surface area contributed by atoms with E-state index in [4.69, 9.17) is 9.15 Å². The number of ether oxygens (including phenoxy) is 1. The second kappa shape index (κ2) is 7.92. The van der Waals surface area contributed by atoms with Gasteiger partial charge in [0, 0.05) is 18.6 Å². The largest absolute Gasteiger partial charge is 0.447 e. The summed E-state index contributed by atoms with van der Waals surface area (Å²) in [6.07, 6.45) is 0.453. The van der Waals surface area contributed by atoms with Crippen molar-refractivity contribution in [3.8, 4) is 5.69 Å². The molecular weight excluding hydrogens is 416 g/mol. The lowest BCUT2D eigenvalue weighted by Crippen LogP contribution is -2.49. The minimum Gasteiger partial charge on any atom is -0.447 e. The van der Waals surface area contributed by atoms with Crippen LogP contribution in [0.5, 0.6) is 0 Å². The van der Waals surface area contributed by atoms with Crippen LogP contribution in [0.25, 0.3) is 5.69 Å². The second-order valence-electron chi connectivity index (χ2n) is 7.71. The normalized spacial score (nSPS) is 19.8. The summed E-state index contributed by atoms with van der Waals surface area (Å²) < 4.78 is 12.7. The molecule has 1 heterocycles. The number of carbonyl (C=O) groups excluding carboxylic acids is 2. The third-order valence-electron chi connectivity index (χ3n) is 5.96. The lowest BCUT2D eigenvalue weighted by molar-refractivity contribution is -0.384. The van der Waals surface area contributed by atoms with Crippen molar-refractivity contribution in [1.82, 2.24) is 4.57 Å². The number of hydrogen-bond acceptors (Lipinski definition) is 7. The van der Waals surface area contributed by atoms with Crippen LogP contribution in [0.3, 0.4) is 0 Å². The molecule has 32 heavy (non-hydrogen) atoms. The van der Waals surface area contributed by atoms with Crippen LogP contribution in [0, 0.1) is 10.1 Å². The molecule has 164 valence electrons. The number of non-ortho nitro benzene ring substituents is 1. The molecule has 9 heteroatoms. The number of aromatic nitrogens is 1. The van der Waals surface area contributed by atoms with Crippen molar-refractivity contribution >= 4 is 17.4 Å². The molecule has 0 aliphatic heterocycles. The summed E-state index contributed by atoms with van der Waals surface area (Å²) in [4.78, 5) is 48.4. The Morgan fingerprint density at radius 1 is 1.16 bits per heavy atom. The predicted octanol–water partition coefficient (Wildman–Crippen LogP) is 3.57. The molecule has 0 unspecified atom stereocenters. The molecule has 0 radical (unpaired) electrons. The number of oxazole rings is 1. The van der Waals surface area contributed by atoms with Gasteiger partial charge in [0.2, 0.25) is 0 Å². The summed E-state index contributed by atoms with van der Waals surface area (Å²) in [5.41, 5.74) is -0.324. The van der Waals surface area contributed by atoms with Crippen LogP contribution < -0.4 is 5.76 Å². The predicted molar refractivity (Wildman–Crippen MR) is 113 cm³/mol. The Hall–Kier alpha value is -4.01. The second-order valence-corrected chi connectivity index (χ2v) is 7.71.